The summed E-state index contributed by atoms with van der Waals surface area (Å²) in [6, 6.07) is 37.5. The molecule has 0 bridgehead atoms. The van der Waals surface area contributed by atoms with Crippen LogP contribution in [0.5, 0.6) is 0 Å². The Morgan fingerprint density at radius 1 is 0.357 bits per heavy atom. The fourth-order valence-electron chi connectivity index (χ4n) is 6.57. The van der Waals surface area contributed by atoms with Gasteiger partial charge in [0.05, 0.1) is 0 Å². The van der Waals surface area contributed by atoms with Crippen molar-refractivity contribution in [2.24, 2.45) is 0 Å². The predicted octanol–water partition coefficient (Wildman–Crippen LogP) is 12.3. The van der Waals surface area contributed by atoms with Crippen molar-refractivity contribution in [2.45, 2.75) is 66.2 Å². The van der Waals surface area contributed by atoms with E-state index in [1.54, 1.807) is 0 Å². The highest BCUT2D eigenvalue weighted by Gasteiger charge is 2.23. The Balaban J connectivity index is 1.71. The van der Waals surface area contributed by atoms with Crippen molar-refractivity contribution in [3.05, 3.63) is 119 Å². The summed E-state index contributed by atoms with van der Waals surface area (Å²) in [6.45, 7) is 18.3. The zero-order valence-electron chi connectivity index (χ0n) is 26.2. The molecule has 0 aliphatic rings. The van der Waals surface area contributed by atoms with Crippen LogP contribution in [0.3, 0.4) is 0 Å². The van der Waals surface area contributed by atoms with E-state index < -0.39 is 0 Å². The molecule has 0 heterocycles. The Kier molecular flexibility index (Phi) is 5.83. The van der Waals surface area contributed by atoms with Gasteiger partial charge in [0, 0.05) is 0 Å². The zero-order chi connectivity index (χ0) is 29.6. The molecule has 0 aliphatic carbocycles. The van der Waals surface area contributed by atoms with Crippen molar-refractivity contribution in [3.63, 3.8) is 0 Å². The van der Waals surface area contributed by atoms with Crippen LogP contribution in [0.25, 0.3) is 65.3 Å². The van der Waals surface area contributed by atoms with Gasteiger partial charge >= 0.3 is 0 Å². The maximum absolute atomic E-state index is 2.48. The lowest BCUT2D eigenvalue weighted by molar-refractivity contribution is 0.590. The molecule has 0 saturated heterocycles. The molecule has 0 atom stereocenters. The van der Waals surface area contributed by atoms with Crippen molar-refractivity contribution in [2.75, 3.05) is 0 Å². The van der Waals surface area contributed by atoms with E-state index in [2.05, 4.69) is 152 Å². The average molecular weight is 545 g/mol. The summed E-state index contributed by atoms with van der Waals surface area (Å²) in [4.78, 5) is 0. The first-order valence-corrected chi connectivity index (χ1v) is 15.3. The van der Waals surface area contributed by atoms with Crippen LogP contribution in [-0.2, 0) is 10.8 Å². The van der Waals surface area contributed by atoms with E-state index >= 15 is 0 Å². The number of fused-ring (bicyclic) bond motifs is 2. The molecule has 7 aromatic carbocycles. The first-order chi connectivity index (χ1) is 19.9. The maximum atomic E-state index is 2.48. The molecule has 0 saturated carbocycles. The molecular weight excluding hydrogens is 504 g/mol. The summed E-state index contributed by atoms with van der Waals surface area (Å²) in [7, 11) is 0. The van der Waals surface area contributed by atoms with Gasteiger partial charge in [-0.25, -0.2) is 0 Å². The third-order valence-electron chi connectivity index (χ3n) is 9.18. The molecule has 0 aliphatic heterocycles. The van der Waals surface area contributed by atoms with Crippen LogP contribution in [0.15, 0.2) is 97.1 Å². The van der Waals surface area contributed by atoms with Crippen LogP contribution in [-0.4, -0.2) is 0 Å². The van der Waals surface area contributed by atoms with E-state index in [0.717, 1.165) is 0 Å². The van der Waals surface area contributed by atoms with Crippen molar-refractivity contribution >= 4 is 43.1 Å². The number of hydrogen-bond acceptors (Lipinski definition) is 0. The molecule has 0 unspecified atom stereocenters. The second-order valence-electron chi connectivity index (χ2n) is 14.5. The SMILES string of the molecule is Cc1ccc(-c2cc3cc(-c4ccc(C)cc4)cc4c5cc(C(C)(C)C)cc6cc(C(C)(C)C)cc(c(c2)c34)c65)cc1. The number of benzene rings is 7. The van der Waals surface area contributed by atoms with Crippen LogP contribution in [0.4, 0.5) is 0 Å². The van der Waals surface area contributed by atoms with E-state index in [1.807, 2.05) is 0 Å². The molecule has 0 heteroatoms. The fourth-order valence-corrected chi connectivity index (χ4v) is 6.57. The normalized spacial score (nSPS) is 12.8. The number of hydrogen-bond donors (Lipinski definition) is 0. The Morgan fingerprint density at radius 3 is 1.05 bits per heavy atom. The lowest BCUT2D eigenvalue weighted by Gasteiger charge is -2.26. The maximum Gasteiger partial charge on any atom is -0.00255 e. The second-order valence-corrected chi connectivity index (χ2v) is 14.5. The topological polar surface area (TPSA) is 0 Å². The van der Waals surface area contributed by atoms with Crippen LogP contribution in [0.1, 0.15) is 63.8 Å². The summed E-state index contributed by atoms with van der Waals surface area (Å²) >= 11 is 0. The van der Waals surface area contributed by atoms with Gasteiger partial charge in [0.15, 0.2) is 0 Å². The van der Waals surface area contributed by atoms with Crippen LogP contribution >= 0.6 is 0 Å². The van der Waals surface area contributed by atoms with Crippen molar-refractivity contribution in [1.29, 1.82) is 0 Å². The molecule has 208 valence electrons. The molecule has 7 aromatic rings. The standard InChI is InChI=1S/C42H40/c1-25-9-13-27(14-10-25)29-17-31-18-30(28-15-11-26(2)12-16-28)22-36-38-24-34(42(6,7)8)20-32-19-33(41(3,4)5)23-37(40(32)38)35(21-29)39(31)36/h9-24H,1-8H3. The van der Waals surface area contributed by atoms with Gasteiger partial charge in [0.25, 0.3) is 0 Å². The lowest BCUT2D eigenvalue weighted by Crippen LogP contribution is -2.12. The van der Waals surface area contributed by atoms with Crippen LogP contribution < -0.4 is 0 Å². The third-order valence-corrected chi connectivity index (χ3v) is 9.18. The molecular formula is C42H40. The number of aryl methyl sites for hydroxylation is 2. The lowest BCUT2D eigenvalue weighted by atomic mass is 9.78. The highest BCUT2D eigenvalue weighted by molar-refractivity contribution is 6.34. The summed E-state index contributed by atoms with van der Waals surface area (Å²) in [5.41, 5.74) is 10.5. The molecule has 0 amide bonds. The second kappa shape index (κ2) is 9.17. The van der Waals surface area contributed by atoms with Gasteiger partial charge in [0.2, 0.25) is 0 Å². The molecule has 0 aromatic heterocycles. The van der Waals surface area contributed by atoms with Gasteiger partial charge in [-0.05, 0) is 138 Å². The minimum Gasteiger partial charge on any atom is -0.0587 e. The quantitative estimate of drug-likeness (QED) is 0.150. The fraction of sp³-hybridized carbons (Fsp3) is 0.238. The Hall–Kier alpha value is -4.16. The zero-order valence-corrected chi connectivity index (χ0v) is 26.2. The molecule has 7 rings (SSSR count). The largest absolute Gasteiger partial charge is 0.0587 e. The highest BCUT2D eigenvalue weighted by atomic mass is 14.3. The average Bonchev–Trinajstić information content (AvgIpc) is 2.94. The Bertz CT molecular complexity index is 1980. The van der Waals surface area contributed by atoms with Gasteiger partial charge in [0.1, 0.15) is 0 Å². The first-order valence-electron chi connectivity index (χ1n) is 15.3. The van der Waals surface area contributed by atoms with Crippen molar-refractivity contribution in [1.82, 2.24) is 0 Å². The van der Waals surface area contributed by atoms with E-state index in [9.17, 15) is 0 Å². The third kappa shape index (κ3) is 4.36. The van der Waals surface area contributed by atoms with E-state index in [4.69, 9.17) is 0 Å². The van der Waals surface area contributed by atoms with Crippen molar-refractivity contribution in [3.8, 4) is 22.3 Å². The van der Waals surface area contributed by atoms with Gasteiger partial charge < -0.3 is 0 Å². The molecule has 0 nitrogen and oxygen atoms in total. The smallest absolute Gasteiger partial charge is 0.00255 e. The van der Waals surface area contributed by atoms with E-state index in [1.165, 1.54) is 87.6 Å². The first kappa shape index (κ1) is 26.7. The van der Waals surface area contributed by atoms with Gasteiger partial charge in [-0.15, -0.1) is 0 Å². The summed E-state index contributed by atoms with van der Waals surface area (Å²) in [6.07, 6.45) is 0. The monoisotopic (exact) mass is 544 g/mol. The predicted molar refractivity (Wildman–Crippen MR) is 185 cm³/mol. The van der Waals surface area contributed by atoms with Gasteiger partial charge in [-0.2, -0.15) is 0 Å². The summed E-state index contributed by atoms with van der Waals surface area (Å²) in [5, 5.41) is 10.8. The Labute approximate surface area is 250 Å². The molecule has 0 radical (unpaired) electrons. The summed E-state index contributed by atoms with van der Waals surface area (Å²) in [5.74, 6) is 0. The molecule has 42 heavy (non-hydrogen) atoms. The minimum atomic E-state index is 0.0475. The minimum absolute atomic E-state index is 0.0475. The van der Waals surface area contributed by atoms with Gasteiger partial charge in [-0.1, -0.05) is 113 Å². The highest BCUT2D eigenvalue weighted by Crippen LogP contribution is 2.46. The summed E-state index contributed by atoms with van der Waals surface area (Å²) < 4.78 is 0. The molecule has 0 N–H and O–H groups in total. The Morgan fingerprint density at radius 2 is 0.690 bits per heavy atom. The van der Waals surface area contributed by atoms with E-state index in [-0.39, 0.29) is 10.8 Å². The molecule has 0 spiro atoms. The van der Waals surface area contributed by atoms with E-state index in [0.29, 0.717) is 0 Å². The van der Waals surface area contributed by atoms with Crippen LogP contribution in [0, 0.1) is 13.8 Å². The van der Waals surface area contributed by atoms with Crippen molar-refractivity contribution < 1.29 is 0 Å². The van der Waals surface area contributed by atoms with Crippen LogP contribution in [0.2, 0.25) is 0 Å². The number of rotatable bonds is 2. The molecule has 0 fully saturated rings. The van der Waals surface area contributed by atoms with Gasteiger partial charge in [-0.3, -0.25) is 0 Å².